The fourth-order valence-corrected chi connectivity index (χ4v) is 2.00. The largest absolute Gasteiger partial charge is 0.384 e. The highest BCUT2D eigenvalue weighted by molar-refractivity contribution is 5.96. The number of amidine groups is 2. The molecule has 4 nitrogen and oxygen atoms in total. The third kappa shape index (κ3) is 5.43. The molecule has 6 N–H and O–H groups in total. The fourth-order valence-electron chi connectivity index (χ4n) is 2.00. The molecule has 0 saturated heterocycles. The molecule has 23 heavy (non-hydrogen) atoms. The van der Waals surface area contributed by atoms with Gasteiger partial charge < -0.3 is 11.5 Å². The average molecular weight is 351 g/mol. The van der Waals surface area contributed by atoms with Gasteiger partial charge >= 0.3 is 0 Å². The van der Waals surface area contributed by atoms with E-state index < -0.39 is 0 Å². The van der Waals surface area contributed by atoms with Crippen molar-refractivity contribution in [2.45, 2.75) is 6.92 Å². The van der Waals surface area contributed by atoms with E-state index in [9.17, 15) is 0 Å². The van der Waals surface area contributed by atoms with Crippen LogP contribution in [-0.4, -0.2) is 11.7 Å². The number of hydrogen-bond acceptors (Lipinski definition) is 2. The summed E-state index contributed by atoms with van der Waals surface area (Å²) in [6.45, 7) is 2.03. The number of nitrogens with two attached hydrogens (primary N) is 2. The number of halogens is 2. The topological polar surface area (TPSA) is 99.7 Å². The number of hydrogen-bond donors (Lipinski definition) is 4. The zero-order valence-corrected chi connectivity index (χ0v) is 14.3. The maximum atomic E-state index is 7.38. The summed E-state index contributed by atoms with van der Waals surface area (Å²) in [5, 5.41) is 14.8. The van der Waals surface area contributed by atoms with Gasteiger partial charge in [0.05, 0.1) is 0 Å². The molecule has 6 heteroatoms. The monoisotopic (exact) mass is 350 g/mol. The van der Waals surface area contributed by atoms with Crippen LogP contribution in [0.2, 0.25) is 0 Å². The SMILES string of the molecule is C/C(=C\c1ccc(C(=N)N)cc1)c1ccc(C(=N)N)cc1.Cl.Cl. The van der Waals surface area contributed by atoms with Crippen LogP contribution in [0, 0.1) is 10.8 Å². The van der Waals surface area contributed by atoms with E-state index in [0.717, 1.165) is 27.8 Å². The maximum absolute atomic E-state index is 7.38. The molecule has 2 rings (SSSR count). The lowest BCUT2D eigenvalue weighted by molar-refractivity contribution is 1.42. The predicted octanol–water partition coefficient (Wildman–Crippen LogP) is 3.66. The van der Waals surface area contributed by atoms with Crippen molar-refractivity contribution in [2.75, 3.05) is 0 Å². The molecule has 0 aliphatic carbocycles. The van der Waals surface area contributed by atoms with Crippen molar-refractivity contribution in [2.24, 2.45) is 11.5 Å². The van der Waals surface area contributed by atoms with Crippen LogP contribution in [0.3, 0.4) is 0 Å². The van der Waals surface area contributed by atoms with E-state index in [1.54, 1.807) is 0 Å². The molecule has 0 saturated carbocycles. The van der Waals surface area contributed by atoms with Gasteiger partial charge in [0, 0.05) is 11.1 Å². The Hall–Kier alpha value is -2.30. The maximum Gasteiger partial charge on any atom is 0.122 e. The molecule has 0 aliphatic heterocycles. The second-order valence-corrected chi connectivity index (χ2v) is 4.85. The van der Waals surface area contributed by atoms with Crippen molar-refractivity contribution >= 4 is 48.1 Å². The normalized spacial score (nSPS) is 10.2. The molecule has 0 aromatic heterocycles. The highest BCUT2D eigenvalue weighted by atomic mass is 35.5. The molecular formula is C17H20Cl2N4. The lowest BCUT2D eigenvalue weighted by Crippen LogP contribution is -2.10. The Balaban J connectivity index is 0.00000242. The third-order valence-electron chi connectivity index (χ3n) is 3.26. The van der Waals surface area contributed by atoms with Gasteiger partial charge in [0.1, 0.15) is 11.7 Å². The predicted molar refractivity (Wildman–Crippen MR) is 103 cm³/mol. The van der Waals surface area contributed by atoms with Crippen LogP contribution < -0.4 is 11.5 Å². The van der Waals surface area contributed by atoms with Crippen LogP contribution in [0.5, 0.6) is 0 Å². The first kappa shape index (κ1) is 20.7. The van der Waals surface area contributed by atoms with Gasteiger partial charge in [0.25, 0.3) is 0 Å². The van der Waals surface area contributed by atoms with Gasteiger partial charge in [-0.3, -0.25) is 10.8 Å². The second kappa shape index (κ2) is 8.98. The Morgan fingerprint density at radius 3 is 1.48 bits per heavy atom. The van der Waals surface area contributed by atoms with Gasteiger partial charge in [-0.15, -0.1) is 24.8 Å². The van der Waals surface area contributed by atoms with E-state index in [2.05, 4.69) is 6.08 Å². The second-order valence-electron chi connectivity index (χ2n) is 4.85. The van der Waals surface area contributed by atoms with Crippen molar-refractivity contribution < 1.29 is 0 Å². The average Bonchev–Trinajstić information content (AvgIpc) is 2.47. The highest BCUT2D eigenvalue weighted by Crippen LogP contribution is 2.18. The molecule has 0 aliphatic rings. The molecule has 2 aromatic carbocycles. The van der Waals surface area contributed by atoms with Gasteiger partial charge in [-0.25, -0.2) is 0 Å². The van der Waals surface area contributed by atoms with E-state index in [0.29, 0.717) is 0 Å². The van der Waals surface area contributed by atoms with E-state index >= 15 is 0 Å². The molecular weight excluding hydrogens is 331 g/mol. The summed E-state index contributed by atoms with van der Waals surface area (Å²) in [6, 6.07) is 15.1. The van der Waals surface area contributed by atoms with Crippen molar-refractivity contribution in [1.82, 2.24) is 0 Å². The van der Waals surface area contributed by atoms with Crippen molar-refractivity contribution in [3.05, 3.63) is 70.8 Å². The Kier molecular flexibility index (Phi) is 8.08. The summed E-state index contributed by atoms with van der Waals surface area (Å²) in [7, 11) is 0. The fraction of sp³-hybridized carbons (Fsp3) is 0.0588. The molecule has 0 radical (unpaired) electrons. The summed E-state index contributed by atoms with van der Waals surface area (Å²) in [6.07, 6.45) is 2.06. The van der Waals surface area contributed by atoms with Gasteiger partial charge in [-0.1, -0.05) is 54.6 Å². The minimum atomic E-state index is 0. The first-order chi connectivity index (χ1) is 9.97. The van der Waals surface area contributed by atoms with Crippen LogP contribution in [0.25, 0.3) is 11.6 Å². The third-order valence-corrected chi connectivity index (χ3v) is 3.26. The van der Waals surface area contributed by atoms with Crippen LogP contribution in [0.15, 0.2) is 48.5 Å². The van der Waals surface area contributed by atoms with Crippen molar-refractivity contribution in [1.29, 1.82) is 10.8 Å². The quantitative estimate of drug-likeness (QED) is 0.384. The van der Waals surface area contributed by atoms with Crippen LogP contribution in [-0.2, 0) is 0 Å². The van der Waals surface area contributed by atoms with Crippen LogP contribution in [0.1, 0.15) is 29.2 Å². The van der Waals surface area contributed by atoms with Crippen molar-refractivity contribution in [3.8, 4) is 0 Å². The Morgan fingerprint density at radius 1 is 0.739 bits per heavy atom. The molecule has 0 bridgehead atoms. The number of nitrogens with one attached hydrogen (secondary N) is 2. The lowest BCUT2D eigenvalue weighted by Gasteiger charge is -2.05. The molecule has 0 fully saturated rings. The minimum absolute atomic E-state index is 0. The van der Waals surface area contributed by atoms with E-state index in [-0.39, 0.29) is 36.5 Å². The molecule has 122 valence electrons. The Labute approximate surface area is 148 Å². The Bertz CT molecular complexity index is 704. The van der Waals surface area contributed by atoms with Gasteiger partial charge in [-0.2, -0.15) is 0 Å². The number of allylic oxidation sites excluding steroid dienone is 1. The van der Waals surface area contributed by atoms with Gasteiger partial charge in [0.2, 0.25) is 0 Å². The minimum Gasteiger partial charge on any atom is -0.384 e. The standard InChI is InChI=1S/C17H18N4.2ClH/c1-11(13-6-8-15(9-7-13)17(20)21)10-12-2-4-14(5-3-12)16(18)19;;/h2-10H,1H3,(H3,18,19)(H3,20,21);2*1H/b11-10+;;. The molecule has 0 atom stereocenters. The first-order valence-corrected chi connectivity index (χ1v) is 6.55. The highest BCUT2D eigenvalue weighted by Gasteiger charge is 2.00. The zero-order chi connectivity index (χ0) is 15.4. The summed E-state index contributed by atoms with van der Waals surface area (Å²) in [4.78, 5) is 0. The number of rotatable bonds is 4. The van der Waals surface area contributed by atoms with Crippen molar-refractivity contribution in [3.63, 3.8) is 0 Å². The van der Waals surface area contributed by atoms with E-state index in [1.807, 2.05) is 55.5 Å². The van der Waals surface area contributed by atoms with Crippen LogP contribution >= 0.6 is 24.8 Å². The first-order valence-electron chi connectivity index (χ1n) is 6.55. The lowest BCUT2D eigenvalue weighted by atomic mass is 10.0. The van der Waals surface area contributed by atoms with Gasteiger partial charge in [0.15, 0.2) is 0 Å². The van der Waals surface area contributed by atoms with E-state index in [1.165, 1.54) is 0 Å². The summed E-state index contributed by atoms with van der Waals surface area (Å²) in [5.74, 6) is 0.144. The smallest absolute Gasteiger partial charge is 0.122 e. The number of benzene rings is 2. The summed E-state index contributed by atoms with van der Waals surface area (Å²) in [5.41, 5.74) is 15.6. The molecule has 0 heterocycles. The number of nitrogen functional groups attached to an aromatic ring is 2. The van der Waals surface area contributed by atoms with E-state index in [4.69, 9.17) is 22.3 Å². The Morgan fingerprint density at radius 2 is 1.09 bits per heavy atom. The van der Waals surface area contributed by atoms with Gasteiger partial charge in [-0.05, 0) is 23.6 Å². The van der Waals surface area contributed by atoms with Crippen LogP contribution in [0.4, 0.5) is 0 Å². The molecule has 0 unspecified atom stereocenters. The summed E-state index contributed by atoms with van der Waals surface area (Å²) >= 11 is 0. The summed E-state index contributed by atoms with van der Waals surface area (Å²) < 4.78 is 0. The molecule has 0 spiro atoms. The molecule has 0 amide bonds. The molecule has 2 aromatic rings. The zero-order valence-electron chi connectivity index (χ0n) is 12.7.